The quantitative estimate of drug-likeness (QED) is 0.729. The standard InChI is InChI=1S/C19H17N3O/c20-19(23)22(18-14-8-3-9-15-18)21(16-10-4-1-5-11-16)17-12-6-2-7-13-17/h1-15H,(H2,20,23). The van der Waals surface area contributed by atoms with Crippen molar-refractivity contribution in [1.82, 2.24) is 0 Å². The monoisotopic (exact) mass is 303 g/mol. The average Bonchev–Trinajstić information content (AvgIpc) is 2.61. The van der Waals surface area contributed by atoms with Gasteiger partial charge in [-0.25, -0.2) is 9.80 Å². The number of carbonyl (C=O) groups excluding carboxylic acids is 1. The van der Waals surface area contributed by atoms with E-state index in [-0.39, 0.29) is 0 Å². The number of urea groups is 1. The van der Waals surface area contributed by atoms with Crippen molar-refractivity contribution in [3.63, 3.8) is 0 Å². The second-order valence-corrected chi connectivity index (χ2v) is 4.97. The van der Waals surface area contributed by atoms with E-state index in [2.05, 4.69) is 0 Å². The number of amides is 2. The van der Waals surface area contributed by atoms with Crippen LogP contribution in [0, 0.1) is 0 Å². The lowest BCUT2D eigenvalue weighted by molar-refractivity contribution is 0.254. The summed E-state index contributed by atoms with van der Waals surface area (Å²) in [6.07, 6.45) is 0. The zero-order chi connectivity index (χ0) is 16.1. The number of primary amides is 1. The fraction of sp³-hybridized carbons (Fsp3) is 0. The lowest BCUT2D eigenvalue weighted by atomic mass is 10.2. The third-order valence-electron chi connectivity index (χ3n) is 3.41. The molecule has 0 saturated heterocycles. The molecule has 0 spiro atoms. The minimum atomic E-state index is -0.552. The molecular weight excluding hydrogens is 286 g/mol. The van der Waals surface area contributed by atoms with Crippen molar-refractivity contribution in [3.05, 3.63) is 91.0 Å². The van der Waals surface area contributed by atoms with Crippen LogP contribution in [0.1, 0.15) is 0 Å². The highest BCUT2D eigenvalue weighted by Gasteiger charge is 2.23. The van der Waals surface area contributed by atoms with Crippen LogP contribution < -0.4 is 15.8 Å². The second-order valence-electron chi connectivity index (χ2n) is 4.97. The average molecular weight is 303 g/mol. The Balaban J connectivity index is 2.15. The molecule has 0 aliphatic heterocycles. The fourth-order valence-electron chi connectivity index (χ4n) is 2.43. The Labute approximate surface area is 135 Å². The predicted molar refractivity (Wildman–Crippen MR) is 93.5 cm³/mol. The maximum Gasteiger partial charge on any atom is 0.338 e. The van der Waals surface area contributed by atoms with Crippen molar-refractivity contribution < 1.29 is 4.79 Å². The Bertz CT molecular complexity index is 721. The molecule has 0 unspecified atom stereocenters. The van der Waals surface area contributed by atoms with E-state index in [0.717, 1.165) is 11.4 Å². The smallest absolute Gasteiger partial charge is 0.338 e. The van der Waals surface area contributed by atoms with Gasteiger partial charge in [-0.15, -0.1) is 0 Å². The number of hydrogen-bond acceptors (Lipinski definition) is 2. The van der Waals surface area contributed by atoms with E-state index in [1.165, 1.54) is 5.01 Å². The van der Waals surface area contributed by atoms with Gasteiger partial charge >= 0.3 is 6.03 Å². The number of carbonyl (C=O) groups is 1. The topological polar surface area (TPSA) is 49.6 Å². The molecule has 23 heavy (non-hydrogen) atoms. The lowest BCUT2D eigenvalue weighted by Crippen LogP contribution is -2.47. The molecule has 0 aliphatic rings. The first-order valence-electron chi connectivity index (χ1n) is 7.32. The van der Waals surface area contributed by atoms with Gasteiger partial charge < -0.3 is 5.73 Å². The molecule has 0 radical (unpaired) electrons. The summed E-state index contributed by atoms with van der Waals surface area (Å²) in [6, 6.07) is 28.1. The maximum absolute atomic E-state index is 12.2. The summed E-state index contributed by atoms with van der Waals surface area (Å²) in [5, 5.41) is 3.27. The van der Waals surface area contributed by atoms with Crippen molar-refractivity contribution in [3.8, 4) is 0 Å². The highest BCUT2D eigenvalue weighted by molar-refractivity contribution is 5.95. The van der Waals surface area contributed by atoms with Crippen LogP contribution in [0.5, 0.6) is 0 Å². The molecule has 0 aromatic heterocycles. The van der Waals surface area contributed by atoms with E-state index in [9.17, 15) is 4.79 Å². The molecular formula is C19H17N3O. The predicted octanol–water partition coefficient (Wildman–Crippen LogP) is 4.33. The Kier molecular flexibility index (Phi) is 4.25. The normalized spacial score (nSPS) is 10.1. The largest absolute Gasteiger partial charge is 0.350 e. The molecule has 0 aliphatic carbocycles. The number of hydrazine groups is 1. The molecule has 4 heteroatoms. The van der Waals surface area contributed by atoms with E-state index in [4.69, 9.17) is 5.73 Å². The summed E-state index contributed by atoms with van der Waals surface area (Å²) < 4.78 is 0. The van der Waals surface area contributed by atoms with Crippen molar-refractivity contribution in [2.45, 2.75) is 0 Å². The van der Waals surface area contributed by atoms with Crippen molar-refractivity contribution >= 4 is 23.1 Å². The lowest BCUT2D eigenvalue weighted by Gasteiger charge is -2.35. The van der Waals surface area contributed by atoms with E-state index in [0.29, 0.717) is 5.69 Å². The number of nitrogens with two attached hydrogens (primary N) is 1. The van der Waals surface area contributed by atoms with Gasteiger partial charge in [-0.2, -0.15) is 5.01 Å². The third kappa shape index (κ3) is 3.16. The summed E-state index contributed by atoms with van der Waals surface area (Å²) in [6.45, 7) is 0. The van der Waals surface area contributed by atoms with Gasteiger partial charge in [0.05, 0.1) is 17.1 Å². The van der Waals surface area contributed by atoms with Gasteiger partial charge in [-0.05, 0) is 36.4 Å². The number of hydrogen-bond donors (Lipinski definition) is 1. The number of rotatable bonds is 4. The van der Waals surface area contributed by atoms with Gasteiger partial charge in [0.2, 0.25) is 0 Å². The van der Waals surface area contributed by atoms with E-state index >= 15 is 0 Å². The van der Waals surface area contributed by atoms with Gasteiger partial charge in [-0.1, -0.05) is 54.6 Å². The number of anilines is 3. The van der Waals surface area contributed by atoms with Gasteiger partial charge in [0, 0.05) is 0 Å². The molecule has 3 aromatic rings. The summed E-state index contributed by atoms with van der Waals surface area (Å²) in [7, 11) is 0. The van der Waals surface area contributed by atoms with Crippen molar-refractivity contribution in [2.24, 2.45) is 5.73 Å². The van der Waals surface area contributed by atoms with Crippen molar-refractivity contribution in [2.75, 3.05) is 10.0 Å². The third-order valence-corrected chi connectivity index (χ3v) is 3.41. The zero-order valence-electron chi connectivity index (χ0n) is 12.5. The van der Waals surface area contributed by atoms with Crippen LogP contribution in [0.2, 0.25) is 0 Å². The molecule has 3 aromatic carbocycles. The van der Waals surface area contributed by atoms with Crippen LogP contribution in [0.3, 0.4) is 0 Å². The Morgan fingerprint density at radius 1 is 0.609 bits per heavy atom. The van der Waals surface area contributed by atoms with Gasteiger partial charge in [0.15, 0.2) is 0 Å². The van der Waals surface area contributed by atoms with Crippen LogP contribution >= 0.6 is 0 Å². The van der Waals surface area contributed by atoms with Gasteiger partial charge in [-0.3, -0.25) is 0 Å². The van der Waals surface area contributed by atoms with E-state index < -0.39 is 6.03 Å². The minimum absolute atomic E-state index is 0.552. The number of benzene rings is 3. The van der Waals surface area contributed by atoms with Crippen molar-refractivity contribution in [1.29, 1.82) is 0 Å². The van der Waals surface area contributed by atoms with Crippen LogP contribution in [0.4, 0.5) is 21.9 Å². The number of nitrogens with zero attached hydrogens (tertiary/aromatic N) is 2. The molecule has 0 fully saturated rings. The molecule has 114 valence electrons. The maximum atomic E-state index is 12.2. The second kappa shape index (κ2) is 6.66. The highest BCUT2D eigenvalue weighted by Crippen LogP contribution is 2.30. The van der Waals surface area contributed by atoms with E-state index in [1.807, 2.05) is 91.0 Å². The molecule has 0 saturated carbocycles. The summed E-state index contributed by atoms with van der Waals surface area (Å²) in [5.74, 6) is 0. The Morgan fingerprint density at radius 2 is 0.957 bits per heavy atom. The summed E-state index contributed by atoms with van der Waals surface area (Å²) >= 11 is 0. The van der Waals surface area contributed by atoms with Gasteiger partial charge in [0.1, 0.15) is 0 Å². The number of para-hydroxylation sites is 3. The molecule has 3 rings (SSSR count). The van der Waals surface area contributed by atoms with Gasteiger partial charge in [0.25, 0.3) is 0 Å². The van der Waals surface area contributed by atoms with Crippen LogP contribution in [0.25, 0.3) is 0 Å². The zero-order valence-corrected chi connectivity index (χ0v) is 12.5. The minimum Gasteiger partial charge on any atom is -0.350 e. The van der Waals surface area contributed by atoms with Crippen LogP contribution in [-0.4, -0.2) is 6.03 Å². The van der Waals surface area contributed by atoms with E-state index in [1.54, 1.807) is 5.01 Å². The highest BCUT2D eigenvalue weighted by atomic mass is 16.2. The van der Waals surface area contributed by atoms with Crippen LogP contribution in [-0.2, 0) is 0 Å². The summed E-state index contributed by atoms with van der Waals surface area (Å²) in [4.78, 5) is 12.2. The molecule has 0 bridgehead atoms. The first-order chi connectivity index (χ1) is 11.3. The molecule has 2 N–H and O–H groups in total. The SMILES string of the molecule is NC(=O)N(c1ccccc1)N(c1ccccc1)c1ccccc1. The molecule has 0 heterocycles. The Hall–Kier alpha value is -3.27. The summed E-state index contributed by atoms with van der Waals surface area (Å²) in [5.41, 5.74) is 8.09. The van der Waals surface area contributed by atoms with Crippen LogP contribution in [0.15, 0.2) is 91.0 Å². The fourth-order valence-corrected chi connectivity index (χ4v) is 2.43. The first kappa shape index (κ1) is 14.7. The first-order valence-corrected chi connectivity index (χ1v) is 7.32. The molecule has 4 nitrogen and oxygen atoms in total. The molecule has 2 amide bonds. The Morgan fingerprint density at radius 3 is 1.30 bits per heavy atom. The molecule has 0 atom stereocenters.